The molecule has 150 valence electrons. The maximum absolute atomic E-state index is 11.9. The molecule has 2 heterocycles. The van der Waals surface area contributed by atoms with Gasteiger partial charge in [-0.2, -0.15) is 11.8 Å². The van der Waals surface area contributed by atoms with Gasteiger partial charge in [-0.05, 0) is 19.1 Å². The number of ether oxygens (including phenoxy) is 1. The highest BCUT2D eigenvalue weighted by atomic mass is 32.2. The molecule has 0 saturated carbocycles. The Morgan fingerprint density at radius 3 is 2.69 bits per heavy atom. The molecule has 9 heteroatoms. The Kier molecular flexibility index (Phi) is 8.97. The minimum Gasteiger partial charge on any atom is -0.387 e. The Morgan fingerprint density at radius 1 is 1.31 bits per heavy atom. The largest absolute Gasteiger partial charge is 0.387 e. The van der Waals surface area contributed by atoms with Gasteiger partial charge in [-0.3, -0.25) is 14.7 Å². The van der Waals surface area contributed by atoms with Crippen LogP contribution in [0.3, 0.4) is 0 Å². The third kappa shape index (κ3) is 6.94. The van der Waals surface area contributed by atoms with E-state index in [0.29, 0.717) is 26.2 Å². The van der Waals surface area contributed by atoms with Gasteiger partial charge in [0, 0.05) is 52.1 Å². The Hall–Kier alpha value is -1.03. The molecule has 0 radical (unpaired) electrons. The summed E-state index contributed by atoms with van der Waals surface area (Å²) in [4.78, 5) is 21.0. The predicted molar refractivity (Wildman–Crippen MR) is 106 cm³/mol. The molecule has 1 unspecified atom stereocenters. The molecule has 0 spiro atoms. The smallest absolute Gasteiger partial charge is 0.234 e. The van der Waals surface area contributed by atoms with Crippen LogP contribution in [0.15, 0.2) is 4.99 Å². The molecule has 8 nitrogen and oxygen atoms in total. The summed E-state index contributed by atoms with van der Waals surface area (Å²) in [5, 5.41) is 16.7. The first kappa shape index (κ1) is 21.3. The Labute approximate surface area is 160 Å². The van der Waals surface area contributed by atoms with Crippen LogP contribution in [0.25, 0.3) is 0 Å². The van der Waals surface area contributed by atoms with Gasteiger partial charge in [0.15, 0.2) is 5.96 Å². The van der Waals surface area contributed by atoms with E-state index >= 15 is 0 Å². The number of aliphatic hydroxyl groups is 1. The molecule has 2 rings (SSSR count). The molecule has 1 amide bonds. The second-order valence-electron chi connectivity index (χ2n) is 6.80. The number of amides is 1. The molecule has 0 aromatic carbocycles. The van der Waals surface area contributed by atoms with E-state index in [-0.39, 0.29) is 5.91 Å². The molecule has 2 aliphatic heterocycles. The summed E-state index contributed by atoms with van der Waals surface area (Å²) in [5.41, 5.74) is -0.659. The third-order valence-electron chi connectivity index (χ3n) is 4.61. The average Bonchev–Trinajstić information content (AvgIpc) is 3.06. The van der Waals surface area contributed by atoms with Gasteiger partial charge >= 0.3 is 0 Å². The lowest BCUT2D eigenvalue weighted by Gasteiger charge is -2.36. The number of aliphatic imine (C=N–C) groups is 1. The van der Waals surface area contributed by atoms with E-state index < -0.39 is 5.60 Å². The number of piperazine rings is 1. The van der Waals surface area contributed by atoms with E-state index in [9.17, 15) is 9.90 Å². The van der Waals surface area contributed by atoms with Crippen LogP contribution in [0.5, 0.6) is 0 Å². The molecule has 2 aliphatic rings. The molecular weight excluding hydrogens is 354 g/mol. The maximum Gasteiger partial charge on any atom is 0.234 e. The summed E-state index contributed by atoms with van der Waals surface area (Å²) in [6.45, 7) is 8.09. The monoisotopic (exact) mass is 387 g/mol. The normalized spacial score (nSPS) is 24.7. The van der Waals surface area contributed by atoms with Gasteiger partial charge in [-0.15, -0.1) is 0 Å². The highest BCUT2D eigenvalue weighted by molar-refractivity contribution is 7.99. The van der Waals surface area contributed by atoms with E-state index in [1.165, 1.54) is 0 Å². The average molecular weight is 388 g/mol. The number of guanidine groups is 1. The van der Waals surface area contributed by atoms with E-state index in [0.717, 1.165) is 56.6 Å². The van der Waals surface area contributed by atoms with Crippen molar-refractivity contribution in [3.05, 3.63) is 0 Å². The minimum atomic E-state index is -0.659. The van der Waals surface area contributed by atoms with E-state index in [1.807, 2.05) is 0 Å². The van der Waals surface area contributed by atoms with Gasteiger partial charge in [0.25, 0.3) is 0 Å². The molecule has 3 N–H and O–H groups in total. The van der Waals surface area contributed by atoms with Gasteiger partial charge in [0.05, 0.1) is 25.3 Å². The number of carbonyl (C=O) groups excluding carboxylic acids is 1. The molecule has 26 heavy (non-hydrogen) atoms. The minimum absolute atomic E-state index is 0.0389. The summed E-state index contributed by atoms with van der Waals surface area (Å²) < 4.78 is 4.94. The van der Waals surface area contributed by atoms with Gasteiger partial charge in [0.1, 0.15) is 0 Å². The van der Waals surface area contributed by atoms with E-state index in [4.69, 9.17) is 4.74 Å². The van der Waals surface area contributed by atoms with Gasteiger partial charge < -0.3 is 25.4 Å². The Balaban J connectivity index is 1.78. The fourth-order valence-corrected chi connectivity index (χ4v) is 4.32. The fraction of sp³-hybridized carbons (Fsp3) is 0.882. The predicted octanol–water partition coefficient (Wildman–Crippen LogP) is -0.800. The van der Waals surface area contributed by atoms with Crippen LogP contribution in [-0.2, 0) is 9.53 Å². The summed E-state index contributed by atoms with van der Waals surface area (Å²) in [6.07, 6.45) is 0.812. The molecule has 2 fully saturated rings. The first-order chi connectivity index (χ1) is 12.6. The van der Waals surface area contributed by atoms with Crippen LogP contribution in [0.2, 0.25) is 0 Å². The van der Waals surface area contributed by atoms with Crippen molar-refractivity contribution in [3.8, 4) is 0 Å². The maximum atomic E-state index is 11.9. The fourth-order valence-electron chi connectivity index (χ4n) is 3.04. The van der Waals surface area contributed by atoms with Crippen molar-refractivity contribution in [1.82, 2.24) is 20.4 Å². The van der Waals surface area contributed by atoms with Crippen molar-refractivity contribution in [2.75, 3.05) is 77.6 Å². The van der Waals surface area contributed by atoms with Crippen molar-refractivity contribution in [1.29, 1.82) is 0 Å². The third-order valence-corrected chi connectivity index (χ3v) is 5.84. The number of thioether (sulfide) groups is 1. The molecule has 0 aromatic heterocycles. The lowest BCUT2D eigenvalue weighted by atomic mass is 10.0. The van der Waals surface area contributed by atoms with Gasteiger partial charge in [-0.1, -0.05) is 0 Å². The number of hydrogen-bond acceptors (Lipinski definition) is 6. The number of nitrogens with zero attached hydrogens (tertiary/aromatic N) is 3. The summed E-state index contributed by atoms with van der Waals surface area (Å²) in [6, 6.07) is 0. The van der Waals surface area contributed by atoms with Crippen LogP contribution in [0.1, 0.15) is 13.3 Å². The number of methoxy groups -OCH3 is 1. The SMILES string of the molecule is CCNC(=NCC1(O)CCSC1)N1CCN(CC(=O)NCCOC)CC1. The summed E-state index contributed by atoms with van der Waals surface area (Å²) in [5.74, 6) is 2.68. The topological polar surface area (TPSA) is 89.4 Å². The quantitative estimate of drug-likeness (QED) is 0.285. The van der Waals surface area contributed by atoms with Crippen molar-refractivity contribution in [2.45, 2.75) is 18.9 Å². The summed E-state index contributed by atoms with van der Waals surface area (Å²) in [7, 11) is 1.62. The Bertz CT molecular complexity index is 463. The van der Waals surface area contributed by atoms with Crippen LogP contribution in [0, 0.1) is 0 Å². The molecule has 0 aromatic rings. The molecule has 2 saturated heterocycles. The number of hydrogen-bond donors (Lipinski definition) is 3. The number of carbonyl (C=O) groups is 1. The van der Waals surface area contributed by atoms with Crippen molar-refractivity contribution in [2.24, 2.45) is 4.99 Å². The molecular formula is C17H33N5O3S. The van der Waals surface area contributed by atoms with Gasteiger partial charge in [-0.25, -0.2) is 0 Å². The molecule has 0 bridgehead atoms. The second kappa shape index (κ2) is 11.0. The molecule has 0 aliphatic carbocycles. The first-order valence-electron chi connectivity index (χ1n) is 9.38. The first-order valence-corrected chi connectivity index (χ1v) is 10.5. The van der Waals surface area contributed by atoms with Crippen LogP contribution in [-0.4, -0.2) is 110 Å². The second-order valence-corrected chi connectivity index (χ2v) is 7.91. The zero-order chi connectivity index (χ0) is 18.8. The highest BCUT2D eigenvalue weighted by Gasteiger charge is 2.32. The standard InChI is InChI=1S/C17H33N5O3S/c1-3-18-16(20-13-17(24)4-11-26-14-17)22-8-6-21(7-9-22)12-15(23)19-5-10-25-2/h24H,3-14H2,1-2H3,(H,18,20)(H,19,23). The lowest BCUT2D eigenvalue weighted by molar-refractivity contribution is -0.122. The van der Waals surface area contributed by atoms with E-state index in [1.54, 1.807) is 18.9 Å². The van der Waals surface area contributed by atoms with E-state index in [2.05, 4.69) is 32.3 Å². The zero-order valence-corrected chi connectivity index (χ0v) is 16.8. The van der Waals surface area contributed by atoms with Crippen molar-refractivity contribution >= 4 is 23.6 Å². The molecule has 1 atom stereocenters. The number of rotatable bonds is 8. The Morgan fingerprint density at radius 2 is 2.08 bits per heavy atom. The van der Waals surface area contributed by atoms with Crippen molar-refractivity contribution in [3.63, 3.8) is 0 Å². The highest BCUT2D eigenvalue weighted by Crippen LogP contribution is 2.27. The van der Waals surface area contributed by atoms with Crippen molar-refractivity contribution < 1.29 is 14.6 Å². The van der Waals surface area contributed by atoms with Crippen LogP contribution >= 0.6 is 11.8 Å². The van der Waals surface area contributed by atoms with Crippen LogP contribution in [0.4, 0.5) is 0 Å². The summed E-state index contributed by atoms with van der Waals surface area (Å²) >= 11 is 1.79. The zero-order valence-electron chi connectivity index (χ0n) is 16.0. The number of nitrogens with one attached hydrogen (secondary N) is 2. The van der Waals surface area contributed by atoms with Crippen LogP contribution < -0.4 is 10.6 Å². The van der Waals surface area contributed by atoms with Gasteiger partial charge in [0.2, 0.25) is 5.91 Å². The lowest BCUT2D eigenvalue weighted by Crippen LogP contribution is -2.54.